The number of nitriles is 1. The molecule has 1 radical (unpaired) electrons. The van der Waals surface area contributed by atoms with Gasteiger partial charge in [0.15, 0.2) is 0 Å². The van der Waals surface area contributed by atoms with E-state index in [2.05, 4.69) is 6.07 Å². The van der Waals surface area contributed by atoms with E-state index in [0.717, 1.165) is 12.8 Å². The van der Waals surface area contributed by atoms with Crippen molar-refractivity contribution in [2.24, 2.45) is 5.92 Å². The first kappa shape index (κ1) is 14.6. The maximum atomic E-state index is 8.74. The van der Waals surface area contributed by atoms with Crippen LogP contribution in [-0.4, -0.2) is 29.3 Å². The van der Waals surface area contributed by atoms with Crippen LogP contribution in [0.4, 0.5) is 0 Å². The second-order valence-electron chi connectivity index (χ2n) is 2.99. The molecule has 1 unspecified atom stereocenters. The zero-order valence-corrected chi connectivity index (χ0v) is 10.8. The van der Waals surface area contributed by atoms with E-state index in [-0.39, 0.29) is 5.92 Å². The number of nitrogens with zero attached hydrogens (tertiary/aromatic N) is 1. The van der Waals surface area contributed by atoms with E-state index in [9.17, 15) is 0 Å². The average Bonchev–Trinajstić information content (AvgIpc) is 2.25. The predicted octanol–water partition coefficient (Wildman–Crippen LogP) is 2.00. The molecule has 0 aliphatic heterocycles. The Kier molecular flexibility index (Phi) is 9.84. The lowest BCUT2D eigenvalue weighted by Crippen LogP contribution is -2.28. The zero-order chi connectivity index (χ0) is 11.5. The molecule has 0 aliphatic rings. The first-order valence-corrected chi connectivity index (χ1v) is 6.65. The normalized spacial score (nSPS) is 12.7. The monoisotopic (exact) mass is 230 g/mol. The minimum Gasteiger partial charge on any atom is -0.371 e. The molecule has 0 rings (SSSR count). The maximum Gasteiger partial charge on any atom is 0.577 e. The average molecular weight is 230 g/mol. The van der Waals surface area contributed by atoms with Crippen molar-refractivity contribution in [3.8, 4) is 6.07 Å². The summed E-state index contributed by atoms with van der Waals surface area (Å²) in [7, 11) is -1.57. The summed E-state index contributed by atoms with van der Waals surface area (Å²) in [6.07, 6.45) is 1.62. The maximum absolute atomic E-state index is 8.74. The Morgan fingerprint density at radius 2 is 1.73 bits per heavy atom. The molecule has 0 fully saturated rings. The predicted molar refractivity (Wildman–Crippen MR) is 59.0 cm³/mol. The summed E-state index contributed by atoms with van der Waals surface area (Å²) in [5.74, 6) is 0.0801. The van der Waals surface area contributed by atoms with Gasteiger partial charge in [-0.15, -0.1) is 0 Å². The Balaban J connectivity index is 3.65. The zero-order valence-electron chi connectivity index (χ0n) is 9.78. The first-order valence-electron chi connectivity index (χ1n) is 5.43. The molecule has 1 atom stereocenters. The van der Waals surface area contributed by atoms with Gasteiger partial charge in [-0.3, -0.25) is 0 Å². The Morgan fingerprint density at radius 1 is 1.13 bits per heavy atom. The Labute approximate surface area is 94.1 Å². The second kappa shape index (κ2) is 10.1. The van der Waals surface area contributed by atoms with Crippen molar-refractivity contribution in [3.05, 3.63) is 0 Å². The van der Waals surface area contributed by atoms with Crippen molar-refractivity contribution in [2.45, 2.75) is 33.6 Å². The highest BCUT2D eigenvalue weighted by atomic mass is 28.3. The molecule has 0 aromatic carbocycles. The van der Waals surface area contributed by atoms with Crippen molar-refractivity contribution >= 4 is 9.53 Å². The van der Waals surface area contributed by atoms with Crippen LogP contribution in [0.3, 0.4) is 0 Å². The summed E-state index contributed by atoms with van der Waals surface area (Å²) in [4.78, 5) is 0. The van der Waals surface area contributed by atoms with Crippen molar-refractivity contribution in [2.75, 3.05) is 19.8 Å². The molecule has 15 heavy (non-hydrogen) atoms. The van der Waals surface area contributed by atoms with Gasteiger partial charge < -0.3 is 13.3 Å². The molecule has 0 amide bonds. The van der Waals surface area contributed by atoms with Gasteiger partial charge in [0.2, 0.25) is 0 Å². The Morgan fingerprint density at radius 3 is 2.13 bits per heavy atom. The second-order valence-corrected chi connectivity index (χ2v) is 4.35. The fourth-order valence-electron chi connectivity index (χ4n) is 1.01. The first-order chi connectivity index (χ1) is 7.28. The quantitative estimate of drug-likeness (QED) is 0.568. The van der Waals surface area contributed by atoms with Crippen molar-refractivity contribution < 1.29 is 13.3 Å². The van der Waals surface area contributed by atoms with Crippen LogP contribution < -0.4 is 0 Å². The highest BCUT2D eigenvalue weighted by molar-refractivity contribution is 6.36. The molecule has 4 nitrogen and oxygen atoms in total. The molecule has 0 saturated carbocycles. The largest absolute Gasteiger partial charge is 0.577 e. The lowest BCUT2D eigenvalue weighted by molar-refractivity contribution is 0.0983. The molecule has 0 aromatic heterocycles. The third kappa shape index (κ3) is 7.51. The van der Waals surface area contributed by atoms with E-state index < -0.39 is 9.53 Å². The molecule has 87 valence electrons. The summed E-state index contributed by atoms with van der Waals surface area (Å²) in [5.41, 5.74) is 0. The summed E-state index contributed by atoms with van der Waals surface area (Å²) in [6, 6.07) is 2.24. The highest BCUT2D eigenvalue weighted by Gasteiger charge is 2.18. The van der Waals surface area contributed by atoms with Gasteiger partial charge >= 0.3 is 9.53 Å². The minimum absolute atomic E-state index is 0.0801. The number of rotatable bonds is 9. The van der Waals surface area contributed by atoms with Crippen LogP contribution in [0.25, 0.3) is 0 Å². The van der Waals surface area contributed by atoms with Crippen LogP contribution in [0, 0.1) is 17.2 Å². The molecule has 0 heterocycles. The van der Waals surface area contributed by atoms with Crippen LogP contribution in [0.1, 0.15) is 33.6 Å². The van der Waals surface area contributed by atoms with E-state index in [4.69, 9.17) is 18.5 Å². The molecule has 0 saturated heterocycles. The van der Waals surface area contributed by atoms with E-state index in [1.165, 1.54) is 0 Å². The fraction of sp³-hybridized carbons (Fsp3) is 0.900. The van der Waals surface area contributed by atoms with Crippen LogP contribution in [-0.2, 0) is 13.3 Å². The van der Waals surface area contributed by atoms with Crippen LogP contribution in [0.15, 0.2) is 0 Å². The van der Waals surface area contributed by atoms with Crippen LogP contribution in [0.2, 0.25) is 0 Å². The van der Waals surface area contributed by atoms with Gasteiger partial charge in [-0.25, -0.2) is 0 Å². The Bertz CT molecular complexity index is 178. The fourth-order valence-corrected chi connectivity index (χ4v) is 2.01. The molecular formula is C10H20NO3Si. The molecule has 0 bridgehead atoms. The standard InChI is InChI=1S/C10H20NO3Si/c1-4-10(9-11)7-8-14-15(12-5-2)13-6-3/h10H,4-8H2,1-3H3. The van der Waals surface area contributed by atoms with E-state index in [1.54, 1.807) is 0 Å². The summed E-state index contributed by atoms with van der Waals surface area (Å²) in [6.45, 7) is 7.58. The van der Waals surface area contributed by atoms with Crippen LogP contribution >= 0.6 is 0 Å². The molecular weight excluding hydrogens is 210 g/mol. The molecule has 0 spiro atoms. The van der Waals surface area contributed by atoms with Gasteiger partial charge in [-0.1, -0.05) is 6.92 Å². The highest BCUT2D eigenvalue weighted by Crippen LogP contribution is 2.07. The lowest BCUT2D eigenvalue weighted by Gasteiger charge is -2.13. The van der Waals surface area contributed by atoms with Crippen LogP contribution in [0.5, 0.6) is 0 Å². The van der Waals surface area contributed by atoms with E-state index in [0.29, 0.717) is 19.8 Å². The van der Waals surface area contributed by atoms with Gasteiger partial charge in [0.1, 0.15) is 0 Å². The third-order valence-corrected chi connectivity index (χ3v) is 3.37. The van der Waals surface area contributed by atoms with Crippen molar-refractivity contribution in [1.29, 1.82) is 5.26 Å². The molecule has 0 aliphatic carbocycles. The van der Waals surface area contributed by atoms with Gasteiger partial charge in [-0.05, 0) is 26.7 Å². The summed E-state index contributed by atoms with van der Waals surface area (Å²) < 4.78 is 16.1. The summed E-state index contributed by atoms with van der Waals surface area (Å²) in [5, 5.41) is 8.74. The SMILES string of the molecule is CCO[Si](OCC)OCCC(C#N)CC. The van der Waals surface area contributed by atoms with E-state index in [1.807, 2.05) is 20.8 Å². The van der Waals surface area contributed by atoms with Gasteiger partial charge in [0, 0.05) is 25.7 Å². The molecule has 0 N–H and O–H groups in total. The van der Waals surface area contributed by atoms with Crippen molar-refractivity contribution in [1.82, 2.24) is 0 Å². The smallest absolute Gasteiger partial charge is 0.371 e. The number of hydrogen-bond donors (Lipinski definition) is 0. The lowest BCUT2D eigenvalue weighted by atomic mass is 10.1. The Hall–Kier alpha value is -0.413. The number of hydrogen-bond acceptors (Lipinski definition) is 4. The third-order valence-electron chi connectivity index (χ3n) is 1.89. The van der Waals surface area contributed by atoms with Crippen molar-refractivity contribution in [3.63, 3.8) is 0 Å². The van der Waals surface area contributed by atoms with Gasteiger partial charge in [0.05, 0.1) is 6.07 Å². The summed E-state index contributed by atoms with van der Waals surface area (Å²) >= 11 is 0. The van der Waals surface area contributed by atoms with Gasteiger partial charge in [0.25, 0.3) is 0 Å². The van der Waals surface area contributed by atoms with Gasteiger partial charge in [-0.2, -0.15) is 5.26 Å². The topological polar surface area (TPSA) is 51.5 Å². The van der Waals surface area contributed by atoms with E-state index >= 15 is 0 Å². The molecule has 5 heteroatoms. The minimum atomic E-state index is -1.57. The molecule has 0 aromatic rings.